The van der Waals surface area contributed by atoms with Gasteiger partial charge in [-0.05, 0) is 29.8 Å². The van der Waals surface area contributed by atoms with Gasteiger partial charge in [-0.2, -0.15) is 0 Å². The van der Waals surface area contributed by atoms with Crippen LogP contribution in [-0.2, 0) is 5.88 Å². The first-order valence-electron chi connectivity index (χ1n) is 5.84. The quantitative estimate of drug-likeness (QED) is 0.865. The molecular weight excluding hydrogens is 262 g/mol. The van der Waals surface area contributed by atoms with Gasteiger partial charge in [-0.1, -0.05) is 24.3 Å². The first-order valence-corrected chi connectivity index (χ1v) is 6.37. The normalized spacial score (nSPS) is 10.0. The Kier molecular flexibility index (Phi) is 4.42. The van der Waals surface area contributed by atoms with E-state index in [0.29, 0.717) is 22.9 Å². The predicted molar refractivity (Wildman–Crippen MR) is 76.9 cm³/mol. The molecule has 0 aliphatic rings. The second kappa shape index (κ2) is 6.25. The maximum Gasteiger partial charge on any atom is 0.255 e. The average Bonchev–Trinajstić information content (AvgIpc) is 2.47. The Labute approximate surface area is 117 Å². The summed E-state index contributed by atoms with van der Waals surface area (Å²) in [6, 6.07) is 14.5. The van der Waals surface area contributed by atoms with Crippen LogP contribution in [0.4, 0.5) is 5.69 Å². The van der Waals surface area contributed by atoms with Crippen LogP contribution in [0.15, 0.2) is 48.5 Å². The van der Waals surface area contributed by atoms with Crippen LogP contribution < -0.4 is 10.1 Å². The second-order valence-electron chi connectivity index (χ2n) is 3.99. The number of amides is 1. The number of ether oxygens (including phenoxy) is 1. The molecule has 0 saturated heterocycles. The molecule has 0 spiro atoms. The highest BCUT2D eigenvalue weighted by atomic mass is 35.5. The van der Waals surface area contributed by atoms with Crippen molar-refractivity contribution >= 4 is 23.2 Å². The van der Waals surface area contributed by atoms with Crippen LogP contribution in [0.2, 0.25) is 0 Å². The molecule has 4 heteroatoms. The predicted octanol–water partition coefficient (Wildman–Crippen LogP) is 3.69. The van der Waals surface area contributed by atoms with E-state index in [1.54, 1.807) is 31.4 Å². The molecule has 0 atom stereocenters. The van der Waals surface area contributed by atoms with E-state index < -0.39 is 0 Å². The second-order valence-corrected chi connectivity index (χ2v) is 4.26. The van der Waals surface area contributed by atoms with Crippen LogP contribution in [0.3, 0.4) is 0 Å². The van der Waals surface area contributed by atoms with Crippen molar-refractivity contribution in [3.8, 4) is 5.75 Å². The smallest absolute Gasteiger partial charge is 0.255 e. The van der Waals surface area contributed by atoms with Crippen LogP contribution in [0.25, 0.3) is 0 Å². The largest absolute Gasteiger partial charge is 0.495 e. The number of halogens is 1. The molecule has 1 N–H and O–H groups in total. The van der Waals surface area contributed by atoms with E-state index in [1.165, 1.54) is 0 Å². The van der Waals surface area contributed by atoms with Gasteiger partial charge in [0, 0.05) is 11.4 Å². The molecule has 0 saturated carbocycles. The summed E-state index contributed by atoms with van der Waals surface area (Å²) in [4.78, 5) is 12.1. The van der Waals surface area contributed by atoms with Crippen molar-refractivity contribution < 1.29 is 9.53 Å². The Morgan fingerprint density at radius 2 is 2.00 bits per heavy atom. The van der Waals surface area contributed by atoms with Gasteiger partial charge in [-0.25, -0.2) is 0 Å². The number of hydrogen-bond acceptors (Lipinski definition) is 2. The van der Waals surface area contributed by atoms with Crippen LogP contribution in [0.5, 0.6) is 5.75 Å². The van der Waals surface area contributed by atoms with E-state index in [2.05, 4.69) is 5.32 Å². The summed E-state index contributed by atoms with van der Waals surface area (Å²) >= 11 is 5.76. The minimum atomic E-state index is -0.184. The van der Waals surface area contributed by atoms with Crippen molar-refractivity contribution in [1.82, 2.24) is 0 Å². The average molecular weight is 276 g/mol. The van der Waals surface area contributed by atoms with Crippen molar-refractivity contribution in [1.29, 1.82) is 0 Å². The number of hydrogen-bond donors (Lipinski definition) is 1. The molecule has 98 valence electrons. The van der Waals surface area contributed by atoms with Gasteiger partial charge in [0.2, 0.25) is 0 Å². The maximum absolute atomic E-state index is 12.1. The molecule has 19 heavy (non-hydrogen) atoms. The van der Waals surface area contributed by atoms with Crippen molar-refractivity contribution in [2.45, 2.75) is 5.88 Å². The van der Waals surface area contributed by atoms with Crippen LogP contribution >= 0.6 is 11.6 Å². The van der Waals surface area contributed by atoms with Crippen LogP contribution in [0.1, 0.15) is 15.9 Å². The molecule has 0 bridgehead atoms. The fourth-order valence-corrected chi connectivity index (χ4v) is 1.90. The van der Waals surface area contributed by atoms with E-state index in [4.69, 9.17) is 16.3 Å². The number of carbonyl (C=O) groups is 1. The lowest BCUT2D eigenvalue weighted by atomic mass is 10.1. The van der Waals surface area contributed by atoms with Gasteiger partial charge >= 0.3 is 0 Å². The Bertz CT molecular complexity index is 584. The summed E-state index contributed by atoms with van der Waals surface area (Å²) in [5.41, 5.74) is 2.13. The molecule has 0 aliphatic heterocycles. The summed E-state index contributed by atoms with van der Waals surface area (Å²) in [7, 11) is 1.57. The standard InChI is InChI=1S/C15H14ClNO2/c1-19-14-8-3-2-7-13(14)17-15(18)12-6-4-5-11(9-12)10-16/h2-9H,10H2,1H3,(H,17,18). The van der Waals surface area contributed by atoms with Crippen molar-refractivity contribution in [3.63, 3.8) is 0 Å². The zero-order valence-electron chi connectivity index (χ0n) is 10.5. The lowest BCUT2D eigenvalue weighted by molar-refractivity contribution is 0.102. The number of nitrogens with one attached hydrogen (secondary N) is 1. The summed E-state index contributed by atoms with van der Waals surface area (Å²) < 4.78 is 5.19. The highest BCUT2D eigenvalue weighted by molar-refractivity contribution is 6.17. The number of methoxy groups -OCH3 is 1. The molecular formula is C15H14ClNO2. The first-order chi connectivity index (χ1) is 9.24. The third-order valence-corrected chi connectivity index (χ3v) is 3.01. The van der Waals surface area contributed by atoms with Crippen molar-refractivity contribution in [2.75, 3.05) is 12.4 Å². The van der Waals surface area contributed by atoms with Gasteiger partial charge in [0.25, 0.3) is 5.91 Å². The van der Waals surface area contributed by atoms with E-state index in [-0.39, 0.29) is 5.91 Å². The summed E-state index contributed by atoms with van der Waals surface area (Å²) in [6.07, 6.45) is 0. The number of anilines is 1. The fraction of sp³-hybridized carbons (Fsp3) is 0.133. The topological polar surface area (TPSA) is 38.3 Å². The lowest BCUT2D eigenvalue weighted by Crippen LogP contribution is -2.12. The summed E-state index contributed by atoms with van der Waals surface area (Å²) in [6.45, 7) is 0. The molecule has 0 heterocycles. The highest BCUT2D eigenvalue weighted by Crippen LogP contribution is 2.23. The Morgan fingerprint density at radius 1 is 1.21 bits per heavy atom. The molecule has 0 aromatic heterocycles. The molecule has 0 fully saturated rings. The number of para-hydroxylation sites is 2. The number of carbonyl (C=O) groups excluding carboxylic acids is 1. The van der Waals surface area contributed by atoms with E-state index >= 15 is 0 Å². The number of alkyl halides is 1. The van der Waals surface area contributed by atoms with Crippen LogP contribution in [-0.4, -0.2) is 13.0 Å². The minimum absolute atomic E-state index is 0.184. The zero-order valence-corrected chi connectivity index (χ0v) is 11.3. The monoisotopic (exact) mass is 275 g/mol. The van der Waals surface area contributed by atoms with E-state index in [1.807, 2.05) is 24.3 Å². The first kappa shape index (κ1) is 13.4. The fourth-order valence-electron chi connectivity index (χ4n) is 1.74. The molecule has 1 amide bonds. The molecule has 0 unspecified atom stereocenters. The Morgan fingerprint density at radius 3 is 2.74 bits per heavy atom. The zero-order chi connectivity index (χ0) is 13.7. The molecule has 0 aliphatic carbocycles. The van der Waals surface area contributed by atoms with Gasteiger partial charge in [0.1, 0.15) is 5.75 Å². The van der Waals surface area contributed by atoms with Gasteiger partial charge in [0.05, 0.1) is 12.8 Å². The Balaban J connectivity index is 2.20. The highest BCUT2D eigenvalue weighted by Gasteiger charge is 2.09. The SMILES string of the molecule is COc1ccccc1NC(=O)c1cccc(CCl)c1. The molecule has 0 radical (unpaired) electrons. The minimum Gasteiger partial charge on any atom is -0.495 e. The third-order valence-electron chi connectivity index (χ3n) is 2.70. The van der Waals surface area contributed by atoms with Gasteiger partial charge < -0.3 is 10.1 Å². The van der Waals surface area contributed by atoms with E-state index in [9.17, 15) is 4.79 Å². The van der Waals surface area contributed by atoms with Gasteiger partial charge in [-0.3, -0.25) is 4.79 Å². The number of benzene rings is 2. The van der Waals surface area contributed by atoms with E-state index in [0.717, 1.165) is 5.56 Å². The van der Waals surface area contributed by atoms with Crippen LogP contribution in [0, 0.1) is 0 Å². The number of rotatable bonds is 4. The lowest BCUT2D eigenvalue weighted by Gasteiger charge is -2.10. The van der Waals surface area contributed by atoms with Gasteiger partial charge in [-0.15, -0.1) is 11.6 Å². The maximum atomic E-state index is 12.1. The van der Waals surface area contributed by atoms with Crippen molar-refractivity contribution in [3.05, 3.63) is 59.7 Å². The molecule has 2 rings (SSSR count). The molecule has 2 aromatic rings. The van der Waals surface area contributed by atoms with Gasteiger partial charge in [0.15, 0.2) is 0 Å². The summed E-state index contributed by atoms with van der Waals surface area (Å²) in [5, 5.41) is 2.82. The van der Waals surface area contributed by atoms with Crippen molar-refractivity contribution in [2.24, 2.45) is 0 Å². The molecule has 2 aromatic carbocycles. The third kappa shape index (κ3) is 3.26. The Hall–Kier alpha value is -2.00. The summed E-state index contributed by atoms with van der Waals surface area (Å²) in [5.74, 6) is 0.830. The molecule has 3 nitrogen and oxygen atoms in total.